The monoisotopic (exact) mass is 68.0 g/mol. The summed E-state index contributed by atoms with van der Waals surface area (Å²) in [5.74, 6) is 1.68. The van der Waals surface area contributed by atoms with Crippen LogP contribution in [0.5, 0.6) is 0 Å². The number of Topliss-reactive ketones (excluding diaryl/α,β-unsaturated/α-hetero) is 1. The van der Waals surface area contributed by atoms with Gasteiger partial charge in [-0.2, -0.15) is 0 Å². The van der Waals surface area contributed by atoms with Crippen LogP contribution in [-0.4, -0.2) is 5.78 Å². The van der Waals surface area contributed by atoms with E-state index in [4.69, 9.17) is 0 Å². The Morgan fingerprint density at radius 2 is 2.00 bits per heavy atom. The standard InChI is InChI=1S/C4H4O/c5-4-2-1-3(2)4/h2-3H,1H2/t2-,3+. The van der Waals surface area contributed by atoms with Crippen LogP contribution >= 0.6 is 0 Å². The van der Waals surface area contributed by atoms with Crippen LogP contribution in [0.25, 0.3) is 0 Å². The average molecular weight is 68.1 g/mol. The Morgan fingerprint density at radius 3 is 2.00 bits per heavy atom. The summed E-state index contributed by atoms with van der Waals surface area (Å²) in [4.78, 5) is 9.94. The van der Waals surface area contributed by atoms with Crippen LogP contribution in [0.4, 0.5) is 0 Å². The zero-order chi connectivity index (χ0) is 3.44. The van der Waals surface area contributed by atoms with Gasteiger partial charge in [0.05, 0.1) is 0 Å². The van der Waals surface area contributed by atoms with E-state index in [1.54, 1.807) is 0 Å². The molecule has 2 rings (SSSR count). The number of fused-ring (bicyclic) bond motifs is 1. The predicted molar refractivity (Wildman–Crippen MR) is 16.6 cm³/mol. The van der Waals surface area contributed by atoms with Crippen LogP contribution in [0.1, 0.15) is 6.42 Å². The molecule has 0 unspecified atom stereocenters. The van der Waals surface area contributed by atoms with Gasteiger partial charge >= 0.3 is 0 Å². The quantitative estimate of drug-likeness (QED) is 0.396. The van der Waals surface area contributed by atoms with Gasteiger partial charge < -0.3 is 0 Å². The number of ketones is 1. The van der Waals surface area contributed by atoms with Crippen LogP contribution in [-0.2, 0) is 4.79 Å². The first kappa shape index (κ1) is 1.96. The van der Waals surface area contributed by atoms with Gasteiger partial charge in [-0.1, -0.05) is 0 Å². The Hall–Kier alpha value is -0.330. The summed E-state index contributed by atoms with van der Waals surface area (Å²) < 4.78 is 0. The van der Waals surface area contributed by atoms with Gasteiger partial charge in [0.15, 0.2) is 0 Å². The first-order valence-electron chi connectivity index (χ1n) is 1.93. The van der Waals surface area contributed by atoms with Crippen LogP contribution in [0, 0.1) is 11.8 Å². The Balaban J connectivity index is 2.46. The van der Waals surface area contributed by atoms with Crippen LogP contribution in [0.15, 0.2) is 0 Å². The van der Waals surface area contributed by atoms with E-state index >= 15 is 0 Å². The van der Waals surface area contributed by atoms with Crippen molar-refractivity contribution in [1.29, 1.82) is 0 Å². The third kappa shape index (κ3) is 0.0752. The van der Waals surface area contributed by atoms with Crippen LogP contribution in [0.2, 0.25) is 0 Å². The van der Waals surface area contributed by atoms with E-state index < -0.39 is 0 Å². The topological polar surface area (TPSA) is 17.1 Å². The molecule has 0 saturated heterocycles. The Morgan fingerprint density at radius 1 is 1.60 bits per heavy atom. The van der Waals surface area contributed by atoms with Crippen molar-refractivity contribution in [2.75, 3.05) is 0 Å². The molecule has 0 bridgehead atoms. The summed E-state index contributed by atoms with van der Waals surface area (Å²) in [5.41, 5.74) is 0. The van der Waals surface area contributed by atoms with E-state index in [1.807, 2.05) is 0 Å². The molecular formula is C4H4O. The molecule has 2 aliphatic rings. The fraction of sp³-hybridized carbons (Fsp3) is 0.750. The summed E-state index contributed by atoms with van der Waals surface area (Å²) in [6, 6.07) is 0. The summed E-state index contributed by atoms with van der Waals surface area (Å²) in [7, 11) is 0. The van der Waals surface area contributed by atoms with Crippen LogP contribution < -0.4 is 0 Å². The molecular weight excluding hydrogens is 64.0 g/mol. The molecule has 0 aromatic rings. The fourth-order valence-corrected chi connectivity index (χ4v) is 0.616. The van der Waals surface area contributed by atoms with Crippen molar-refractivity contribution in [3.63, 3.8) is 0 Å². The van der Waals surface area contributed by atoms with Gasteiger partial charge in [-0.25, -0.2) is 0 Å². The maximum absolute atomic E-state index is 9.94. The second-order valence-corrected chi connectivity index (χ2v) is 1.85. The minimum atomic E-state index is 0.519. The summed E-state index contributed by atoms with van der Waals surface area (Å²) in [6.45, 7) is 0. The lowest BCUT2D eigenvalue weighted by Gasteiger charge is -1.64. The van der Waals surface area contributed by atoms with Crippen LogP contribution in [0.3, 0.4) is 0 Å². The fourth-order valence-electron chi connectivity index (χ4n) is 0.616. The van der Waals surface area contributed by atoms with Gasteiger partial charge in [0.25, 0.3) is 0 Å². The maximum Gasteiger partial charge on any atom is 0.140 e. The molecule has 1 heteroatoms. The highest BCUT2D eigenvalue weighted by atomic mass is 16.1. The van der Waals surface area contributed by atoms with Gasteiger partial charge in [-0.3, -0.25) is 4.79 Å². The van der Waals surface area contributed by atoms with Gasteiger partial charge in [0.1, 0.15) is 5.78 Å². The van der Waals surface area contributed by atoms with Crippen molar-refractivity contribution in [1.82, 2.24) is 0 Å². The molecule has 0 aliphatic heterocycles. The van der Waals surface area contributed by atoms with Crippen molar-refractivity contribution < 1.29 is 4.79 Å². The van der Waals surface area contributed by atoms with Crippen molar-refractivity contribution in [3.8, 4) is 0 Å². The molecule has 26 valence electrons. The molecule has 2 aliphatic carbocycles. The van der Waals surface area contributed by atoms with Crippen molar-refractivity contribution in [2.24, 2.45) is 11.8 Å². The zero-order valence-corrected chi connectivity index (χ0v) is 2.77. The number of hydrogen-bond donors (Lipinski definition) is 0. The highest BCUT2D eigenvalue weighted by Crippen LogP contribution is 2.57. The van der Waals surface area contributed by atoms with Crippen molar-refractivity contribution >= 4 is 5.78 Å². The Bertz CT molecular complexity index is 85.8. The number of rotatable bonds is 0. The molecule has 0 N–H and O–H groups in total. The zero-order valence-electron chi connectivity index (χ0n) is 2.77. The molecule has 2 saturated carbocycles. The molecule has 2 atom stereocenters. The van der Waals surface area contributed by atoms with E-state index in [1.165, 1.54) is 6.42 Å². The highest BCUT2D eigenvalue weighted by Gasteiger charge is 2.64. The Labute approximate surface area is 30.0 Å². The molecule has 1 nitrogen and oxygen atoms in total. The number of carbonyl (C=O) groups is 1. The highest BCUT2D eigenvalue weighted by molar-refractivity contribution is 6.06. The molecule has 0 aromatic carbocycles. The minimum absolute atomic E-state index is 0.519. The largest absolute Gasteiger partial charge is 0.299 e. The first-order chi connectivity index (χ1) is 2.39. The van der Waals surface area contributed by atoms with Gasteiger partial charge in [0, 0.05) is 11.8 Å². The lowest BCUT2D eigenvalue weighted by atomic mass is 10.4. The molecule has 0 spiro atoms. The van der Waals surface area contributed by atoms with Gasteiger partial charge in [-0.15, -0.1) is 0 Å². The summed E-state index contributed by atoms with van der Waals surface area (Å²) >= 11 is 0. The van der Waals surface area contributed by atoms with Gasteiger partial charge in [-0.05, 0) is 6.42 Å². The van der Waals surface area contributed by atoms with Crippen molar-refractivity contribution in [2.45, 2.75) is 6.42 Å². The van der Waals surface area contributed by atoms with Gasteiger partial charge in [0.2, 0.25) is 0 Å². The second-order valence-electron chi connectivity index (χ2n) is 1.85. The summed E-state index contributed by atoms with van der Waals surface area (Å²) in [5, 5.41) is 0. The molecule has 2 fully saturated rings. The summed E-state index contributed by atoms with van der Waals surface area (Å²) in [6.07, 6.45) is 1.22. The second kappa shape index (κ2) is 0.280. The molecule has 0 amide bonds. The number of hydrogen-bond acceptors (Lipinski definition) is 1. The molecule has 0 heterocycles. The number of carbonyl (C=O) groups excluding carboxylic acids is 1. The lowest BCUT2D eigenvalue weighted by molar-refractivity contribution is -0.113. The molecule has 0 radical (unpaired) electrons. The molecule has 0 aromatic heterocycles. The smallest absolute Gasteiger partial charge is 0.140 e. The van der Waals surface area contributed by atoms with E-state index in [-0.39, 0.29) is 0 Å². The predicted octanol–water partition coefficient (Wildman–Crippen LogP) is 0.205. The SMILES string of the molecule is O=C1[C@H]2C[C@@H]12. The van der Waals surface area contributed by atoms with E-state index in [9.17, 15) is 4.79 Å². The normalized spacial score (nSPS) is 55.6. The average Bonchev–Trinajstić information content (AvgIpc) is 2.11. The molecule has 5 heavy (non-hydrogen) atoms. The van der Waals surface area contributed by atoms with E-state index in [0.29, 0.717) is 17.6 Å². The van der Waals surface area contributed by atoms with E-state index in [0.717, 1.165) is 0 Å². The van der Waals surface area contributed by atoms with E-state index in [2.05, 4.69) is 0 Å². The maximum atomic E-state index is 9.94. The van der Waals surface area contributed by atoms with Crippen molar-refractivity contribution in [3.05, 3.63) is 0 Å². The lowest BCUT2D eigenvalue weighted by Crippen LogP contribution is -1.76. The third-order valence-electron chi connectivity index (χ3n) is 1.41. The third-order valence-corrected chi connectivity index (χ3v) is 1.41. The Kier molecular flexibility index (Phi) is 0.109. The first-order valence-corrected chi connectivity index (χ1v) is 1.93. The minimum Gasteiger partial charge on any atom is -0.299 e.